The molecule has 1 aromatic carbocycles. The first-order valence-electron chi connectivity index (χ1n) is 5.33. The highest BCUT2D eigenvalue weighted by molar-refractivity contribution is 5.46. The molecule has 2 N–H and O–H groups in total. The summed E-state index contributed by atoms with van der Waals surface area (Å²) in [7, 11) is 0. The number of aromatic nitrogens is 2. The Kier molecular flexibility index (Phi) is 1.89. The van der Waals surface area contributed by atoms with Crippen LogP contribution in [0.25, 0.3) is 5.69 Å². The number of hydrogen-bond acceptors (Lipinski definition) is 3. The van der Waals surface area contributed by atoms with E-state index in [1.54, 1.807) is 10.7 Å². The third-order valence-electron chi connectivity index (χ3n) is 2.75. The van der Waals surface area contributed by atoms with Crippen molar-refractivity contribution in [2.75, 3.05) is 5.73 Å². The van der Waals surface area contributed by atoms with Crippen LogP contribution < -0.4 is 10.5 Å². The number of nitrogens with zero attached hydrogens (tertiary/aromatic N) is 2. The summed E-state index contributed by atoms with van der Waals surface area (Å²) in [6, 6.07) is 7.87. The summed E-state index contributed by atoms with van der Waals surface area (Å²) < 4.78 is 7.42. The molecule has 1 aromatic heterocycles. The second kappa shape index (κ2) is 3.27. The van der Waals surface area contributed by atoms with Crippen molar-refractivity contribution in [3.8, 4) is 11.4 Å². The van der Waals surface area contributed by atoms with Crippen LogP contribution >= 0.6 is 0 Å². The van der Waals surface area contributed by atoms with Crippen molar-refractivity contribution < 1.29 is 4.74 Å². The summed E-state index contributed by atoms with van der Waals surface area (Å²) >= 11 is 0. The molecule has 16 heavy (non-hydrogen) atoms. The Morgan fingerprint density at radius 3 is 3.06 bits per heavy atom. The molecule has 0 amide bonds. The average molecular weight is 215 g/mol. The molecule has 1 unspecified atom stereocenters. The van der Waals surface area contributed by atoms with Gasteiger partial charge in [0.15, 0.2) is 0 Å². The van der Waals surface area contributed by atoms with Gasteiger partial charge in [-0.1, -0.05) is 0 Å². The molecule has 4 heteroatoms. The second-order valence-electron chi connectivity index (χ2n) is 4.11. The zero-order valence-electron chi connectivity index (χ0n) is 9.05. The molecule has 0 radical (unpaired) electrons. The fraction of sp³-hybridized carbons (Fsp3) is 0.250. The van der Waals surface area contributed by atoms with Crippen LogP contribution in [0, 0.1) is 0 Å². The van der Waals surface area contributed by atoms with Gasteiger partial charge in [-0.05, 0) is 30.7 Å². The van der Waals surface area contributed by atoms with Gasteiger partial charge in [0.25, 0.3) is 0 Å². The Labute approximate surface area is 93.6 Å². The molecule has 0 saturated heterocycles. The number of rotatable bonds is 1. The number of anilines is 1. The molecular formula is C12H13N3O. The fourth-order valence-corrected chi connectivity index (χ4v) is 2.03. The van der Waals surface area contributed by atoms with Gasteiger partial charge < -0.3 is 10.5 Å². The first-order valence-corrected chi connectivity index (χ1v) is 5.33. The lowest BCUT2D eigenvalue weighted by atomic mass is 10.1. The van der Waals surface area contributed by atoms with Gasteiger partial charge in [0.05, 0.1) is 5.69 Å². The van der Waals surface area contributed by atoms with Gasteiger partial charge in [0.2, 0.25) is 0 Å². The highest BCUT2D eigenvalue weighted by Crippen LogP contribution is 2.30. The van der Waals surface area contributed by atoms with Gasteiger partial charge >= 0.3 is 0 Å². The minimum absolute atomic E-state index is 0.271. The third kappa shape index (κ3) is 1.43. The van der Waals surface area contributed by atoms with Crippen molar-refractivity contribution in [3.05, 3.63) is 36.0 Å². The van der Waals surface area contributed by atoms with E-state index in [-0.39, 0.29) is 6.10 Å². The van der Waals surface area contributed by atoms with Gasteiger partial charge in [-0.3, -0.25) is 0 Å². The molecular weight excluding hydrogens is 202 g/mol. The van der Waals surface area contributed by atoms with E-state index in [0.717, 1.165) is 17.9 Å². The van der Waals surface area contributed by atoms with Gasteiger partial charge in [-0.15, -0.1) is 0 Å². The minimum atomic E-state index is 0.271. The molecule has 3 rings (SSSR count). The van der Waals surface area contributed by atoms with Crippen molar-refractivity contribution in [3.63, 3.8) is 0 Å². The maximum absolute atomic E-state index is 5.65. The predicted molar refractivity (Wildman–Crippen MR) is 61.8 cm³/mol. The second-order valence-corrected chi connectivity index (χ2v) is 4.11. The Balaban J connectivity index is 2.02. The summed E-state index contributed by atoms with van der Waals surface area (Å²) in [6.45, 7) is 2.07. The molecule has 1 aliphatic rings. The van der Waals surface area contributed by atoms with Gasteiger partial charge in [0.1, 0.15) is 17.7 Å². The topological polar surface area (TPSA) is 53.1 Å². The van der Waals surface area contributed by atoms with Crippen molar-refractivity contribution in [2.45, 2.75) is 19.4 Å². The molecule has 1 atom stereocenters. The van der Waals surface area contributed by atoms with Gasteiger partial charge in [0, 0.05) is 18.7 Å². The van der Waals surface area contributed by atoms with Crippen LogP contribution in [0.3, 0.4) is 0 Å². The fourth-order valence-electron chi connectivity index (χ4n) is 2.03. The number of nitrogen functional groups attached to an aromatic ring is 1. The minimum Gasteiger partial charge on any atom is -0.490 e. The summed E-state index contributed by atoms with van der Waals surface area (Å²) in [4.78, 5) is 0. The lowest BCUT2D eigenvalue weighted by Crippen LogP contribution is -2.05. The Bertz CT molecular complexity index is 533. The zero-order valence-corrected chi connectivity index (χ0v) is 9.05. The number of fused-ring (bicyclic) bond motifs is 1. The van der Waals surface area contributed by atoms with Crippen LogP contribution in [-0.2, 0) is 6.42 Å². The molecule has 2 heterocycles. The van der Waals surface area contributed by atoms with Crippen molar-refractivity contribution >= 4 is 5.82 Å². The molecule has 1 aliphatic heterocycles. The molecule has 82 valence electrons. The highest BCUT2D eigenvalue weighted by Gasteiger charge is 2.19. The highest BCUT2D eigenvalue weighted by atomic mass is 16.5. The van der Waals surface area contributed by atoms with Gasteiger partial charge in [-0.25, -0.2) is 4.68 Å². The lowest BCUT2D eigenvalue weighted by molar-refractivity contribution is 0.254. The quantitative estimate of drug-likeness (QED) is 0.788. The standard InChI is InChI=1S/C12H13N3O/c1-8-6-9-7-10(2-3-11(9)16-8)15-5-4-12(13)14-15/h2-5,7-8H,6H2,1H3,(H2,13,14). The van der Waals surface area contributed by atoms with Crippen LogP contribution in [0.2, 0.25) is 0 Å². The molecule has 0 aliphatic carbocycles. The maximum Gasteiger partial charge on any atom is 0.145 e. The molecule has 0 bridgehead atoms. The smallest absolute Gasteiger partial charge is 0.145 e. The molecule has 0 spiro atoms. The summed E-state index contributed by atoms with van der Waals surface area (Å²) in [5.41, 5.74) is 7.85. The maximum atomic E-state index is 5.65. The van der Waals surface area contributed by atoms with E-state index in [2.05, 4.69) is 18.1 Å². The van der Waals surface area contributed by atoms with Crippen LogP contribution in [-0.4, -0.2) is 15.9 Å². The first-order chi connectivity index (χ1) is 7.72. The monoisotopic (exact) mass is 215 g/mol. The van der Waals surface area contributed by atoms with Crippen LogP contribution in [0.5, 0.6) is 5.75 Å². The van der Waals surface area contributed by atoms with E-state index in [9.17, 15) is 0 Å². The number of benzene rings is 1. The number of nitrogens with two attached hydrogens (primary N) is 1. The summed E-state index contributed by atoms with van der Waals surface area (Å²) in [5, 5.41) is 4.18. The van der Waals surface area contributed by atoms with Crippen molar-refractivity contribution in [2.24, 2.45) is 0 Å². The van der Waals surface area contributed by atoms with Crippen LogP contribution in [0.15, 0.2) is 30.5 Å². The SMILES string of the molecule is CC1Cc2cc(-n3ccc(N)n3)ccc2O1. The van der Waals surface area contributed by atoms with Crippen molar-refractivity contribution in [1.82, 2.24) is 9.78 Å². The van der Waals surface area contributed by atoms with E-state index >= 15 is 0 Å². The normalized spacial score (nSPS) is 18.2. The Hall–Kier alpha value is -1.97. The largest absolute Gasteiger partial charge is 0.490 e. The van der Waals surface area contributed by atoms with E-state index in [1.807, 2.05) is 18.3 Å². The van der Waals surface area contributed by atoms with E-state index in [0.29, 0.717) is 5.82 Å². The average Bonchev–Trinajstić information content (AvgIpc) is 2.81. The first kappa shape index (κ1) is 9.27. The predicted octanol–water partition coefficient (Wildman–Crippen LogP) is 1.78. The molecule has 0 saturated carbocycles. The molecule has 2 aromatic rings. The zero-order chi connectivity index (χ0) is 11.1. The lowest BCUT2D eigenvalue weighted by Gasteiger charge is -2.04. The van der Waals surface area contributed by atoms with E-state index in [4.69, 9.17) is 10.5 Å². The van der Waals surface area contributed by atoms with Crippen LogP contribution in [0.1, 0.15) is 12.5 Å². The van der Waals surface area contributed by atoms with Crippen LogP contribution in [0.4, 0.5) is 5.82 Å². The number of ether oxygens (including phenoxy) is 1. The number of hydrogen-bond donors (Lipinski definition) is 1. The summed E-state index contributed by atoms with van der Waals surface area (Å²) in [5.74, 6) is 1.52. The Morgan fingerprint density at radius 1 is 1.44 bits per heavy atom. The third-order valence-corrected chi connectivity index (χ3v) is 2.75. The molecule has 0 fully saturated rings. The molecule has 4 nitrogen and oxygen atoms in total. The van der Waals surface area contributed by atoms with Gasteiger partial charge in [-0.2, -0.15) is 5.10 Å². The van der Waals surface area contributed by atoms with E-state index < -0.39 is 0 Å². The summed E-state index contributed by atoms with van der Waals surface area (Å²) in [6.07, 6.45) is 3.09. The Morgan fingerprint density at radius 2 is 2.31 bits per heavy atom. The van der Waals surface area contributed by atoms with E-state index in [1.165, 1.54) is 5.56 Å². The van der Waals surface area contributed by atoms with Crippen molar-refractivity contribution in [1.29, 1.82) is 0 Å².